The zero-order valence-electron chi connectivity index (χ0n) is 13.0. The van der Waals surface area contributed by atoms with E-state index in [-0.39, 0.29) is 5.54 Å². The molecule has 0 aliphatic heterocycles. The summed E-state index contributed by atoms with van der Waals surface area (Å²) in [6, 6.07) is 3.99. The van der Waals surface area contributed by atoms with E-state index in [1.807, 2.05) is 12.1 Å². The summed E-state index contributed by atoms with van der Waals surface area (Å²) in [6.07, 6.45) is 6.92. The number of hydrogen-bond acceptors (Lipinski definition) is 3. The van der Waals surface area contributed by atoms with Crippen molar-refractivity contribution in [2.45, 2.75) is 58.5 Å². The van der Waals surface area contributed by atoms with Gasteiger partial charge in [-0.3, -0.25) is 4.90 Å². The lowest BCUT2D eigenvalue weighted by Gasteiger charge is -2.20. The second kappa shape index (κ2) is 8.39. The Morgan fingerprint density at radius 1 is 1.16 bits per heavy atom. The first-order valence-electron chi connectivity index (χ1n) is 7.43. The largest absolute Gasteiger partial charge is 0.468 e. The Balaban J connectivity index is 1.93. The zero-order valence-corrected chi connectivity index (χ0v) is 13.0. The normalized spacial score (nSPS) is 12.3. The fourth-order valence-corrected chi connectivity index (χ4v) is 2.07. The zero-order chi connectivity index (χ0) is 14.1. The Bertz CT molecular complexity index is 314. The first-order chi connectivity index (χ1) is 8.97. The molecule has 0 atom stereocenters. The minimum absolute atomic E-state index is 0.253. The van der Waals surface area contributed by atoms with Gasteiger partial charge >= 0.3 is 0 Å². The third-order valence-corrected chi connectivity index (χ3v) is 3.13. The van der Waals surface area contributed by atoms with Crippen LogP contribution in [0.3, 0.4) is 0 Å². The van der Waals surface area contributed by atoms with Crippen LogP contribution in [0.2, 0.25) is 0 Å². The van der Waals surface area contributed by atoms with Gasteiger partial charge in [-0.15, -0.1) is 0 Å². The average Bonchev–Trinajstić information content (AvgIpc) is 2.79. The molecule has 0 saturated carbocycles. The summed E-state index contributed by atoms with van der Waals surface area (Å²) in [5.74, 6) is 1.05. The number of nitrogens with one attached hydrogen (secondary N) is 1. The highest BCUT2D eigenvalue weighted by molar-refractivity contribution is 4.97. The van der Waals surface area contributed by atoms with E-state index >= 15 is 0 Å². The van der Waals surface area contributed by atoms with Crippen molar-refractivity contribution in [2.24, 2.45) is 0 Å². The molecule has 19 heavy (non-hydrogen) atoms. The van der Waals surface area contributed by atoms with Crippen LogP contribution in [0, 0.1) is 0 Å². The molecule has 1 rings (SSSR count). The van der Waals surface area contributed by atoms with Crippen molar-refractivity contribution in [3.05, 3.63) is 24.2 Å². The van der Waals surface area contributed by atoms with Gasteiger partial charge in [-0.1, -0.05) is 12.8 Å². The van der Waals surface area contributed by atoms with Crippen LogP contribution in [0.4, 0.5) is 0 Å². The van der Waals surface area contributed by atoms with Crippen molar-refractivity contribution >= 4 is 0 Å². The topological polar surface area (TPSA) is 28.4 Å². The van der Waals surface area contributed by atoms with Gasteiger partial charge in [0, 0.05) is 5.54 Å². The summed E-state index contributed by atoms with van der Waals surface area (Å²) in [7, 11) is 2.16. The number of unbranched alkanes of at least 4 members (excludes halogenated alkanes) is 3. The minimum atomic E-state index is 0.253. The molecule has 1 heterocycles. The quantitative estimate of drug-likeness (QED) is 0.691. The fraction of sp³-hybridized carbons (Fsp3) is 0.750. The van der Waals surface area contributed by atoms with Gasteiger partial charge in [0.1, 0.15) is 5.76 Å². The van der Waals surface area contributed by atoms with E-state index < -0.39 is 0 Å². The molecule has 3 heteroatoms. The molecule has 0 aliphatic carbocycles. The van der Waals surface area contributed by atoms with Crippen molar-refractivity contribution in [2.75, 3.05) is 20.1 Å². The molecule has 1 N–H and O–H groups in total. The van der Waals surface area contributed by atoms with Gasteiger partial charge in [-0.05, 0) is 65.9 Å². The van der Waals surface area contributed by atoms with Gasteiger partial charge in [-0.2, -0.15) is 0 Å². The Hall–Kier alpha value is -0.800. The summed E-state index contributed by atoms with van der Waals surface area (Å²) >= 11 is 0. The molecule has 3 nitrogen and oxygen atoms in total. The van der Waals surface area contributed by atoms with E-state index in [2.05, 4.69) is 38.0 Å². The molecule has 1 aromatic rings. The maximum atomic E-state index is 5.35. The summed E-state index contributed by atoms with van der Waals surface area (Å²) < 4.78 is 5.35. The fourth-order valence-electron chi connectivity index (χ4n) is 2.07. The summed E-state index contributed by atoms with van der Waals surface area (Å²) in [5, 5.41) is 3.53. The lowest BCUT2D eigenvalue weighted by atomic mass is 10.1. The maximum absolute atomic E-state index is 5.35. The van der Waals surface area contributed by atoms with Crippen molar-refractivity contribution in [3.8, 4) is 0 Å². The summed E-state index contributed by atoms with van der Waals surface area (Å²) in [6.45, 7) is 9.85. The highest BCUT2D eigenvalue weighted by Gasteiger charge is 2.07. The number of rotatable bonds is 9. The van der Waals surface area contributed by atoms with E-state index in [9.17, 15) is 0 Å². The molecule has 110 valence electrons. The van der Waals surface area contributed by atoms with Gasteiger partial charge in [0.25, 0.3) is 0 Å². The summed E-state index contributed by atoms with van der Waals surface area (Å²) in [4.78, 5) is 2.33. The van der Waals surface area contributed by atoms with Crippen LogP contribution < -0.4 is 5.32 Å². The molecule has 0 unspecified atom stereocenters. The first-order valence-corrected chi connectivity index (χ1v) is 7.43. The minimum Gasteiger partial charge on any atom is -0.468 e. The molecule has 0 bridgehead atoms. The molecule has 0 aliphatic rings. The van der Waals surface area contributed by atoms with Gasteiger partial charge in [0.15, 0.2) is 0 Å². The van der Waals surface area contributed by atoms with Crippen molar-refractivity contribution < 1.29 is 4.42 Å². The van der Waals surface area contributed by atoms with E-state index in [4.69, 9.17) is 4.42 Å². The van der Waals surface area contributed by atoms with Crippen LogP contribution in [0.5, 0.6) is 0 Å². The highest BCUT2D eigenvalue weighted by Crippen LogP contribution is 2.06. The second-order valence-electron chi connectivity index (χ2n) is 6.41. The maximum Gasteiger partial charge on any atom is 0.117 e. The van der Waals surface area contributed by atoms with Gasteiger partial charge < -0.3 is 9.73 Å². The van der Waals surface area contributed by atoms with Crippen LogP contribution in [0.25, 0.3) is 0 Å². The van der Waals surface area contributed by atoms with Crippen LogP contribution >= 0.6 is 0 Å². The number of furan rings is 1. The third kappa shape index (κ3) is 8.84. The summed E-state index contributed by atoms with van der Waals surface area (Å²) in [5.41, 5.74) is 0.253. The number of nitrogens with zero attached hydrogens (tertiary/aromatic N) is 1. The van der Waals surface area contributed by atoms with Crippen molar-refractivity contribution in [1.82, 2.24) is 10.2 Å². The molecule has 0 fully saturated rings. The van der Waals surface area contributed by atoms with E-state index in [1.165, 1.54) is 25.7 Å². The van der Waals surface area contributed by atoms with Crippen molar-refractivity contribution in [3.63, 3.8) is 0 Å². The monoisotopic (exact) mass is 266 g/mol. The second-order valence-corrected chi connectivity index (χ2v) is 6.41. The highest BCUT2D eigenvalue weighted by atomic mass is 16.3. The SMILES string of the molecule is CN(CCCCCCNC(C)(C)C)Cc1ccco1. The van der Waals surface area contributed by atoms with Gasteiger partial charge in [0.05, 0.1) is 12.8 Å². The average molecular weight is 266 g/mol. The van der Waals surface area contributed by atoms with Crippen LogP contribution in [-0.2, 0) is 6.54 Å². The Morgan fingerprint density at radius 3 is 2.53 bits per heavy atom. The Kier molecular flexibility index (Phi) is 7.17. The van der Waals surface area contributed by atoms with Gasteiger partial charge in [0.2, 0.25) is 0 Å². The number of hydrogen-bond donors (Lipinski definition) is 1. The molecule has 1 aromatic heterocycles. The molecular weight excluding hydrogens is 236 g/mol. The van der Waals surface area contributed by atoms with Gasteiger partial charge in [-0.25, -0.2) is 0 Å². The van der Waals surface area contributed by atoms with Crippen molar-refractivity contribution in [1.29, 1.82) is 0 Å². The Morgan fingerprint density at radius 2 is 1.89 bits per heavy atom. The predicted molar refractivity (Wildman–Crippen MR) is 81.3 cm³/mol. The smallest absolute Gasteiger partial charge is 0.117 e. The van der Waals surface area contributed by atoms with E-state index in [0.717, 1.165) is 25.4 Å². The predicted octanol–water partition coefficient (Wildman–Crippen LogP) is 3.66. The third-order valence-electron chi connectivity index (χ3n) is 3.13. The van der Waals surface area contributed by atoms with Crippen LogP contribution in [0.1, 0.15) is 52.2 Å². The van der Waals surface area contributed by atoms with Crippen LogP contribution in [-0.4, -0.2) is 30.6 Å². The molecule has 0 saturated heterocycles. The molecule has 0 aromatic carbocycles. The lowest BCUT2D eigenvalue weighted by Crippen LogP contribution is -2.36. The van der Waals surface area contributed by atoms with Crippen LogP contribution in [0.15, 0.2) is 22.8 Å². The standard InChI is InChI=1S/C16H30N2O/c1-16(2,3)17-11-7-5-6-8-12-18(4)14-15-10-9-13-19-15/h9-10,13,17H,5-8,11-12,14H2,1-4H3. The molecule has 0 amide bonds. The molecule has 0 spiro atoms. The molecule has 0 radical (unpaired) electrons. The molecular formula is C16H30N2O. The Labute approximate surface area is 118 Å². The van der Waals surface area contributed by atoms with E-state index in [0.29, 0.717) is 0 Å². The first kappa shape index (κ1) is 16.3. The lowest BCUT2D eigenvalue weighted by molar-refractivity contribution is 0.287. The van der Waals surface area contributed by atoms with E-state index in [1.54, 1.807) is 6.26 Å².